The number of nitrogens with one attached hydrogen (secondary N) is 1. The number of nitrogens with two attached hydrogens (primary N) is 1. The van der Waals surface area contributed by atoms with Crippen molar-refractivity contribution in [2.24, 2.45) is 5.73 Å². The van der Waals surface area contributed by atoms with Crippen molar-refractivity contribution in [3.63, 3.8) is 0 Å². The number of amides is 3. The van der Waals surface area contributed by atoms with Crippen LogP contribution in [-0.2, 0) is 16.1 Å². The zero-order valence-electron chi connectivity index (χ0n) is 15.2. The highest BCUT2D eigenvalue weighted by molar-refractivity contribution is 7.16. The minimum absolute atomic E-state index is 0.0875. The van der Waals surface area contributed by atoms with Crippen molar-refractivity contribution in [1.82, 2.24) is 4.90 Å². The van der Waals surface area contributed by atoms with E-state index >= 15 is 0 Å². The van der Waals surface area contributed by atoms with Crippen LogP contribution in [-0.4, -0.2) is 29.2 Å². The summed E-state index contributed by atoms with van der Waals surface area (Å²) in [7, 11) is 0. The van der Waals surface area contributed by atoms with Crippen LogP contribution in [0.5, 0.6) is 0 Å². The summed E-state index contributed by atoms with van der Waals surface area (Å²) in [6.45, 7) is 5.69. The summed E-state index contributed by atoms with van der Waals surface area (Å²) in [4.78, 5) is 38.8. The highest BCUT2D eigenvalue weighted by Gasteiger charge is 2.21. The molecule has 3 amide bonds. The first-order chi connectivity index (χ1) is 12.3. The van der Waals surface area contributed by atoms with Gasteiger partial charge in [-0.2, -0.15) is 0 Å². The number of carbonyl (C=O) groups excluding carboxylic acids is 3. The molecule has 138 valence electrons. The zero-order valence-corrected chi connectivity index (χ0v) is 16.0. The Labute approximate surface area is 157 Å². The molecule has 26 heavy (non-hydrogen) atoms. The van der Waals surface area contributed by atoms with Crippen LogP contribution in [0.3, 0.4) is 0 Å². The predicted molar refractivity (Wildman–Crippen MR) is 103 cm³/mol. The molecule has 6 nitrogen and oxygen atoms in total. The summed E-state index contributed by atoms with van der Waals surface area (Å²) in [6, 6.07) is 9.49. The first-order valence-corrected chi connectivity index (χ1v) is 9.16. The minimum atomic E-state index is -0.576. The first-order valence-electron chi connectivity index (χ1n) is 8.34. The Hall–Kier alpha value is -2.67. The van der Waals surface area contributed by atoms with Gasteiger partial charge in [0.1, 0.15) is 11.5 Å². The van der Waals surface area contributed by atoms with Crippen LogP contribution in [0.4, 0.5) is 5.00 Å². The van der Waals surface area contributed by atoms with Crippen molar-refractivity contribution in [2.45, 2.75) is 33.7 Å². The van der Waals surface area contributed by atoms with Gasteiger partial charge in [0.15, 0.2) is 0 Å². The van der Waals surface area contributed by atoms with Gasteiger partial charge in [-0.05, 0) is 25.0 Å². The summed E-state index contributed by atoms with van der Waals surface area (Å²) >= 11 is 1.31. The van der Waals surface area contributed by atoms with Gasteiger partial charge in [0, 0.05) is 17.8 Å². The molecular formula is C19H23N3O3S. The van der Waals surface area contributed by atoms with Gasteiger partial charge >= 0.3 is 0 Å². The summed E-state index contributed by atoms with van der Waals surface area (Å²) < 4.78 is 0. The molecule has 0 aliphatic rings. The molecule has 3 N–H and O–H groups in total. The van der Waals surface area contributed by atoms with Crippen molar-refractivity contribution in [1.29, 1.82) is 0 Å². The van der Waals surface area contributed by atoms with E-state index in [2.05, 4.69) is 5.32 Å². The van der Waals surface area contributed by atoms with Crippen LogP contribution in [0, 0.1) is 13.8 Å². The van der Waals surface area contributed by atoms with Crippen molar-refractivity contribution in [3.05, 3.63) is 51.9 Å². The average molecular weight is 373 g/mol. The number of thiophene rings is 1. The monoisotopic (exact) mass is 373 g/mol. The number of aryl methyl sites for hydroxylation is 1. The van der Waals surface area contributed by atoms with Gasteiger partial charge in [0.2, 0.25) is 11.8 Å². The van der Waals surface area contributed by atoms with Gasteiger partial charge in [0.05, 0.1) is 5.56 Å². The molecule has 0 atom stereocenters. The standard InChI is InChI=1S/C19H23N3O3S/c1-4-16(24)22(10-14-8-6-5-7-9-14)11-15(23)21-19-17(18(20)25)12(2)13(3)26-19/h5-9H,4,10-11H2,1-3H3,(H2,20,25)(H,21,23). The molecule has 2 aromatic rings. The van der Waals surface area contributed by atoms with E-state index in [-0.39, 0.29) is 18.4 Å². The highest BCUT2D eigenvalue weighted by Crippen LogP contribution is 2.32. The lowest BCUT2D eigenvalue weighted by Crippen LogP contribution is -2.37. The van der Waals surface area contributed by atoms with Gasteiger partial charge in [-0.3, -0.25) is 14.4 Å². The Kier molecular flexibility index (Phi) is 6.52. The number of anilines is 1. The predicted octanol–water partition coefficient (Wildman–Crippen LogP) is 2.84. The Morgan fingerprint density at radius 3 is 2.38 bits per heavy atom. The Morgan fingerprint density at radius 1 is 1.15 bits per heavy atom. The fourth-order valence-electron chi connectivity index (χ4n) is 2.61. The molecule has 0 fully saturated rings. The summed E-state index contributed by atoms with van der Waals surface area (Å²) in [5, 5.41) is 3.17. The van der Waals surface area contributed by atoms with E-state index < -0.39 is 5.91 Å². The zero-order chi connectivity index (χ0) is 19.3. The summed E-state index contributed by atoms with van der Waals surface area (Å²) in [5.41, 5.74) is 7.47. The Balaban J connectivity index is 2.14. The maximum Gasteiger partial charge on any atom is 0.251 e. The van der Waals surface area contributed by atoms with Crippen LogP contribution in [0.15, 0.2) is 30.3 Å². The fourth-order valence-corrected chi connectivity index (χ4v) is 3.69. The first kappa shape index (κ1) is 19.7. The number of carbonyl (C=O) groups is 3. The number of nitrogens with zero attached hydrogens (tertiary/aromatic N) is 1. The molecule has 0 spiro atoms. The molecule has 0 unspecified atom stereocenters. The molecule has 1 aromatic heterocycles. The maximum absolute atomic E-state index is 12.5. The number of hydrogen-bond acceptors (Lipinski definition) is 4. The Morgan fingerprint density at radius 2 is 1.81 bits per heavy atom. The molecule has 0 aliphatic carbocycles. The molecule has 1 heterocycles. The van der Waals surface area contributed by atoms with Crippen LogP contribution in [0.2, 0.25) is 0 Å². The molecule has 0 saturated carbocycles. The summed E-state index contributed by atoms with van der Waals surface area (Å²) in [6.07, 6.45) is 0.309. The van der Waals surface area contributed by atoms with Gasteiger partial charge < -0.3 is 16.0 Å². The van der Waals surface area contributed by atoms with E-state index in [4.69, 9.17) is 5.73 Å². The van der Waals surface area contributed by atoms with E-state index in [1.807, 2.05) is 37.3 Å². The van der Waals surface area contributed by atoms with Gasteiger partial charge in [-0.15, -0.1) is 11.3 Å². The molecular weight excluding hydrogens is 350 g/mol. The van der Waals surface area contributed by atoms with Gasteiger partial charge in [-0.25, -0.2) is 0 Å². The fraction of sp³-hybridized carbons (Fsp3) is 0.316. The lowest BCUT2D eigenvalue weighted by atomic mass is 10.1. The van der Waals surface area contributed by atoms with Crippen LogP contribution < -0.4 is 11.1 Å². The Bertz CT molecular complexity index is 815. The van der Waals surface area contributed by atoms with Crippen molar-refractivity contribution < 1.29 is 14.4 Å². The van der Waals surface area contributed by atoms with Crippen molar-refractivity contribution in [3.8, 4) is 0 Å². The molecule has 0 bridgehead atoms. The molecule has 0 saturated heterocycles. The molecule has 0 radical (unpaired) electrons. The topological polar surface area (TPSA) is 92.5 Å². The smallest absolute Gasteiger partial charge is 0.251 e. The number of rotatable bonds is 7. The van der Waals surface area contributed by atoms with E-state index in [0.717, 1.165) is 16.0 Å². The van der Waals surface area contributed by atoms with E-state index in [0.29, 0.717) is 23.5 Å². The number of primary amides is 1. The van der Waals surface area contributed by atoms with Crippen LogP contribution in [0.25, 0.3) is 0 Å². The maximum atomic E-state index is 12.5. The van der Waals surface area contributed by atoms with Crippen molar-refractivity contribution in [2.75, 3.05) is 11.9 Å². The van der Waals surface area contributed by atoms with Crippen molar-refractivity contribution >= 4 is 34.1 Å². The van der Waals surface area contributed by atoms with Crippen LogP contribution >= 0.6 is 11.3 Å². The number of hydrogen-bond donors (Lipinski definition) is 2. The SMILES string of the molecule is CCC(=O)N(CC(=O)Nc1sc(C)c(C)c1C(N)=O)Cc1ccccc1. The third-order valence-corrected chi connectivity index (χ3v) is 5.21. The molecule has 1 aromatic carbocycles. The lowest BCUT2D eigenvalue weighted by molar-refractivity contribution is -0.135. The lowest BCUT2D eigenvalue weighted by Gasteiger charge is -2.21. The second-order valence-electron chi connectivity index (χ2n) is 5.99. The average Bonchev–Trinajstić information content (AvgIpc) is 2.88. The largest absolute Gasteiger partial charge is 0.365 e. The van der Waals surface area contributed by atoms with E-state index in [1.165, 1.54) is 16.2 Å². The second-order valence-corrected chi connectivity index (χ2v) is 7.21. The van der Waals surface area contributed by atoms with E-state index in [1.54, 1.807) is 13.8 Å². The van der Waals surface area contributed by atoms with Gasteiger partial charge in [-0.1, -0.05) is 37.3 Å². The second kappa shape index (κ2) is 8.62. The quantitative estimate of drug-likeness (QED) is 0.781. The normalized spacial score (nSPS) is 10.4. The number of benzene rings is 1. The minimum Gasteiger partial charge on any atom is -0.365 e. The summed E-state index contributed by atoms with van der Waals surface area (Å²) in [5.74, 6) is -1.04. The third kappa shape index (κ3) is 4.70. The third-order valence-electron chi connectivity index (χ3n) is 4.09. The van der Waals surface area contributed by atoms with Crippen LogP contribution in [0.1, 0.15) is 39.7 Å². The molecule has 2 rings (SSSR count). The van der Waals surface area contributed by atoms with E-state index in [9.17, 15) is 14.4 Å². The molecule has 0 aliphatic heterocycles. The van der Waals surface area contributed by atoms with Gasteiger partial charge in [0.25, 0.3) is 5.91 Å². The molecule has 7 heteroatoms. The highest BCUT2D eigenvalue weighted by atomic mass is 32.1.